The monoisotopic (exact) mass is 900 g/mol. The van der Waals surface area contributed by atoms with Crippen molar-refractivity contribution in [2.45, 2.75) is 91.9 Å². The number of carbonyl (C=O) groups is 7. The smallest absolute Gasteiger partial charge is 0.337 e. The molecule has 2 aliphatic rings. The Morgan fingerprint density at radius 1 is 0.631 bits per heavy atom. The highest BCUT2D eigenvalue weighted by Gasteiger charge is 2.29. The lowest BCUT2D eigenvalue weighted by molar-refractivity contribution is -0.152. The van der Waals surface area contributed by atoms with E-state index in [-0.39, 0.29) is 62.4 Å². The molecule has 0 spiro atoms. The third-order valence-corrected chi connectivity index (χ3v) is 9.45. The molecule has 2 heterocycles. The summed E-state index contributed by atoms with van der Waals surface area (Å²) in [6.45, 7) is 13.8. The fourth-order valence-corrected chi connectivity index (χ4v) is 5.77. The SMILES string of the molecule is C=C1CCN1C(=O)Cc1ccc(NC(=O)COCC(=O)NCCCCC)cc1.CC.CCCCCN.O=C(COCC(=O)Oc1ccccc1)Nc1ccc(CC(=O)N2CCC2=O)cc1. The molecular formula is C49H68N6O10. The van der Waals surface area contributed by atoms with Gasteiger partial charge in [-0.2, -0.15) is 0 Å². The number of para-hydroxylation sites is 1. The summed E-state index contributed by atoms with van der Waals surface area (Å²) in [6.07, 6.45) is 8.60. The van der Waals surface area contributed by atoms with Crippen molar-refractivity contribution < 1.29 is 47.8 Å². The van der Waals surface area contributed by atoms with E-state index in [4.69, 9.17) is 19.9 Å². The standard InChI is InChI=1S/C21H29N3O4.C21H20N2O6.C5H13N.C2H6/c1-3-4-5-11-22-19(25)14-28-15-20(26)23-18-8-6-17(7-9-18)13-21(27)24-12-10-16(24)2;24-18(13-28-14-21(27)29-17-4-2-1-3-5-17)22-16-8-6-15(7-9-16)12-20(26)23-11-10-19(23)25;1-2-3-4-5-6;1-2/h6-9H,2-5,10-15H2,1H3,(H,22,25)(H,23,26);1-9H,10-14H2,(H,22,24);2-6H2,1H3;1-2H3. The van der Waals surface area contributed by atoms with E-state index in [1.165, 1.54) is 24.2 Å². The summed E-state index contributed by atoms with van der Waals surface area (Å²) in [7, 11) is 0. The highest BCUT2D eigenvalue weighted by molar-refractivity contribution is 6.00. The van der Waals surface area contributed by atoms with E-state index < -0.39 is 11.9 Å². The maximum Gasteiger partial charge on any atom is 0.337 e. The minimum atomic E-state index is -0.598. The van der Waals surface area contributed by atoms with Crippen molar-refractivity contribution in [2.75, 3.05) is 63.2 Å². The number of anilines is 2. The Labute approximate surface area is 383 Å². The van der Waals surface area contributed by atoms with E-state index in [1.807, 2.05) is 13.8 Å². The third-order valence-electron chi connectivity index (χ3n) is 9.45. The highest BCUT2D eigenvalue weighted by Crippen LogP contribution is 2.21. The molecule has 5 N–H and O–H groups in total. The van der Waals surface area contributed by atoms with Crippen LogP contribution in [-0.2, 0) is 55.9 Å². The molecule has 0 unspecified atom stereocenters. The van der Waals surface area contributed by atoms with Crippen LogP contribution in [0.2, 0.25) is 0 Å². The van der Waals surface area contributed by atoms with Crippen molar-refractivity contribution in [3.05, 3.63) is 102 Å². The third kappa shape index (κ3) is 22.8. The number of likely N-dealkylation sites (tertiary alicyclic amines) is 2. The number of nitrogens with two attached hydrogens (primary N) is 1. The molecule has 0 atom stereocenters. The summed E-state index contributed by atoms with van der Waals surface area (Å²) < 4.78 is 15.2. The first-order valence-electron chi connectivity index (χ1n) is 22.4. The van der Waals surface area contributed by atoms with Gasteiger partial charge in [0.2, 0.25) is 35.4 Å². The number of unbranched alkanes of at least 4 members (excludes halogenated alkanes) is 4. The number of benzene rings is 3. The van der Waals surface area contributed by atoms with Crippen LogP contribution in [0.1, 0.15) is 90.2 Å². The number of ether oxygens (including phenoxy) is 3. The molecule has 0 aliphatic carbocycles. The fraction of sp³-hybridized carbons (Fsp3) is 0.449. The van der Waals surface area contributed by atoms with Gasteiger partial charge in [0.15, 0.2) is 0 Å². The van der Waals surface area contributed by atoms with Crippen LogP contribution in [0.25, 0.3) is 0 Å². The van der Waals surface area contributed by atoms with Crippen LogP contribution >= 0.6 is 0 Å². The Kier molecular flexibility index (Phi) is 27.4. The van der Waals surface area contributed by atoms with Crippen molar-refractivity contribution in [3.63, 3.8) is 0 Å². The van der Waals surface area contributed by atoms with Crippen LogP contribution < -0.4 is 26.4 Å². The topological polar surface area (TPSA) is 216 Å². The molecule has 3 aromatic rings. The van der Waals surface area contributed by atoms with Gasteiger partial charge in [0.25, 0.3) is 0 Å². The number of β-lactam (4-membered cyclic amide) rings is 1. The quantitative estimate of drug-likeness (QED) is 0.0400. The van der Waals surface area contributed by atoms with Gasteiger partial charge in [0, 0.05) is 49.5 Å². The number of amides is 6. The predicted octanol–water partition coefficient (Wildman–Crippen LogP) is 5.95. The molecule has 5 rings (SSSR count). The van der Waals surface area contributed by atoms with Crippen LogP contribution in [0.5, 0.6) is 5.75 Å². The molecule has 0 saturated carbocycles. The minimum absolute atomic E-state index is 0.0365. The lowest BCUT2D eigenvalue weighted by atomic mass is 10.1. The van der Waals surface area contributed by atoms with Crippen LogP contribution in [0, 0.1) is 0 Å². The second-order valence-electron chi connectivity index (χ2n) is 14.7. The van der Waals surface area contributed by atoms with Crippen molar-refractivity contribution in [1.29, 1.82) is 0 Å². The van der Waals surface area contributed by atoms with Crippen molar-refractivity contribution in [2.24, 2.45) is 5.73 Å². The first-order valence-corrected chi connectivity index (χ1v) is 22.4. The maximum atomic E-state index is 12.1. The van der Waals surface area contributed by atoms with Gasteiger partial charge in [0.05, 0.1) is 12.8 Å². The zero-order valence-corrected chi connectivity index (χ0v) is 38.5. The van der Waals surface area contributed by atoms with Gasteiger partial charge < -0.3 is 40.8 Å². The summed E-state index contributed by atoms with van der Waals surface area (Å²) in [5.74, 6) is -1.51. The van der Waals surface area contributed by atoms with Gasteiger partial charge in [-0.05, 0) is 66.9 Å². The van der Waals surface area contributed by atoms with Gasteiger partial charge in [-0.25, -0.2) is 4.79 Å². The van der Waals surface area contributed by atoms with Crippen molar-refractivity contribution >= 4 is 52.8 Å². The van der Waals surface area contributed by atoms with E-state index in [0.717, 1.165) is 55.6 Å². The molecule has 2 saturated heterocycles. The van der Waals surface area contributed by atoms with Gasteiger partial charge in [-0.15, -0.1) is 0 Å². The van der Waals surface area contributed by atoms with E-state index in [2.05, 4.69) is 36.4 Å². The molecule has 0 bridgehead atoms. The number of nitrogens with one attached hydrogen (secondary N) is 3. The lowest BCUT2D eigenvalue weighted by Crippen LogP contribution is -2.48. The highest BCUT2D eigenvalue weighted by atomic mass is 16.6. The molecule has 6 amide bonds. The Morgan fingerprint density at radius 3 is 1.55 bits per heavy atom. The Morgan fingerprint density at radius 2 is 1.12 bits per heavy atom. The molecule has 16 nitrogen and oxygen atoms in total. The van der Waals surface area contributed by atoms with E-state index >= 15 is 0 Å². The van der Waals surface area contributed by atoms with Crippen molar-refractivity contribution in [3.8, 4) is 5.75 Å². The second kappa shape index (κ2) is 32.4. The molecule has 2 fully saturated rings. The summed E-state index contributed by atoms with van der Waals surface area (Å²) >= 11 is 0. The molecule has 2 aliphatic heterocycles. The summed E-state index contributed by atoms with van der Waals surface area (Å²) in [4.78, 5) is 85.2. The normalized spacial score (nSPS) is 12.3. The number of hydrogen-bond donors (Lipinski definition) is 4. The second-order valence-corrected chi connectivity index (χ2v) is 14.7. The van der Waals surface area contributed by atoms with Crippen LogP contribution in [0.3, 0.4) is 0 Å². The largest absolute Gasteiger partial charge is 0.425 e. The Balaban J connectivity index is 0.000000384. The van der Waals surface area contributed by atoms with E-state index in [0.29, 0.717) is 43.1 Å². The Hall–Kier alpha value is -6.23. The zero-order valence-electron chi connectivity index (χ0n) is 38.5. The summed E-state index contributed by atoms with van der Waals surface area (Å²) in [5.41, 5.74) is 8.84. The van der Waals surface area contributed by atoms with Gasteiger partial charge in [-0.1, -0.05) is 102 Å². The molecule has 16 heteroatoms. The number of imide groups is 1. The minimum Gasteiger partial charge on any atom is -0.425 e. The molecule has 0 aromatic heterocycles. The molecular weight excluding hydrogens is 833 g/mol. The fourth-order valence-electron chi connectivity index (χ4n) is 5.77. The van der Waals surface area contributed by atoms with Crippen LogP contribution in [0.15, 0.2) is 91.1 Å². The first-order chi connectivity index (χ1) is 31.4. The van der Waals surface area contributed by atoms with Crippen molar-refractivity contribution in [1.82, 2.24) is 15.1 Å². The van der Waals surface area contributed by atoms with E-state index in [9.17, 15) is 33.6 Å². The summed E-state index contributed by atoms with van der Waals surface area (Å²) in [5, 5.41) is 8.09. The average molecular weight is 901 g/mol. The van der Waals surface area contributed by atoms with Crippen LogP contribution in [0.4, 0.5) is 11.4 Å². The predicted molar refractivity (Wildman–Crippen MR) is 251 cm³/mol. The summed E-state index contributed by atoms with van der Waals surface area (Å²) in [6, 6.07) is 22.4. The maximum absolute atomic E-state index is 12.1. The lowest BCUT2D eigenvalue weighted by Gasteiger charge is -2.33. The van der Waals surface area contributed by atoms with Gasteiger partial charge >= 0.3 is 5.97 Å². The van der Waals surface area contributed by atoms with Crippen LogP contribution in [-0.4, -0.2) is 104 Å². The molecule has 3 aromatic carbocycles. The first kappa shape index (κ1) is 54.9. The van der Waals surface area contributed by atoms with Gasteiger partial charge in [0.1, 0.15) is 32.2 Å². The zero-order chi connectivity index (χ0) is 47.8. The molecule has 354 valence electrons. The Bertz CT molecular complexity index is 1940. The number of nitrogens with zero attached hydrogens (tertiary/aromatic N) is 2. The average Bonchev–Trinajstić information content (AvgIpc) is 3.28. The number of hydrogen-bond acceptors (Lipinski definition) is 11. The molecule has 0 radical (unpaired) electrons. The molecule has 65 heavy (non-hydrogen) atoms. The number of esters is 1. The number of rotatable bonds is 22. The number of carbonyl (C=O) groups excluding carboxylic acids is 7. The van der Waals surface area contributed by atoms with E-state index in [1.54, 1.807) is 83.8 Å². The van der Waals surface area contributed by atoms with Gasteiger partial charge in [-0.3, -0.25) is 33.7 Å².